The van der Waals surface area contributed by atoms with Gasteiger partial charge in [-0.3, -0.25) is 4.79 Å². The van der Waals surface area contributed by atoms with Gasteiger partial charge in [0.25, 0.3) is 0 Å². The van der Waals surface area contributed by atoms with Crippen LogP contribution in [0.1, 0.15) is 27.0 Å². The minimum Gasteiger partial charge on any atom is -0.289 e. The summed E-state index contributed by atoms with van der Waals surface area (Å²) in [6, 6.07) is 39.9. The van der Waals surface area contributed by atoms with Crippen LogP contribution in [0.5, 0.6) is 0 Å². The van der Waals surface area contributed by atoms with Gasteiger partial charge in [-0.05, 0) is 24.0 Å². The highest BCUT2D eigenvalue weighted by Crippen LogP contribution is 2.08. The van der Waals surface area contributed by atoms with Crippen LogP contribution in [-0.2, 0) is 12.8 Å². The van der Waals surface area contributed by atoms with Crippen LogP contribution in [-0.4, -0.2) is 5.78 Å². The summed E-state index contributed by atoms with van der Waals surface area (Å²) in [5, 5.41) is 0. The maximum atomic E-state index is 11.8. The van der Waals surface area contributed by atoms with Gasteiger partial charge in [0.05, 0.1) is 0 Å². The van der Waals surface area contributed by atoms with Crippen molar-refractivity contribution in [1.82, 2.24) is 0 Å². The van der Waals surface area contributed by atoms with Gasteiger partial charge in [-0.15, -0.1) is 0 Å². The number of ketones is 1. The van der Waals surface area contributed by atoms with Crippen LogP contribution in [0, 0.1) is 0 Å². The topological polar surface area (TPSA) is 17.1 Å². The predicted octanol–water partition coefficient (Wildman–Crippen LogP) is 6.39. The third kappa shape index (κ3) is 6.07. The number of carbonyl (C=O) groups is 1. The molecule has 0 aliphatic rings. The maximum absolute atomic E-state index is 11.8. The molecule has 0 radical (unpaired) electrons. The molecule has 0 aliphatic heterocycles. The standard InChI is InChI=1S/C14H14.C13H10O/c1-3-7-13(8-4-1)11-12-14-9-5-2-6-10-14;14-13(11-7-3-1-4-8-11)12-9-5-2-6-10-12/h1-10H,11-12H2;1-10H. The molecule has 0 atom stereocenters. The maximum Gasteiger partial charge on any atom is 0.193 e. The Labute approximate surface area is 167 Å². The zero-order valence-corrected chi connectivity index (χ0v) is 15.9. The smallest absolute Gasteiger partial charge is 0.193 e. The molecule has 138 valence electrons. The molecule has 4 aromatic carbocycles. The zero-order valence-electron chi connectivity index (χ0n) is 15.9. The molecule has 4 aromatic rings. The van der Waals surface area contributed by atoms with Crippen LogP contribution in [0.4, 0.5) is 0 Å². The summed E-state index contributed by atoms with van der Waals surface area (Å²) >= 11 is 0. The summed E-state index contributed by atoms with van der Waals surface area (Å²) in [6.45, 7) is 0. The second kappa shape index (κ2) is 10.6. The van der Waals surface area contributed by atoms with E-state index in [0.717, 1.165) is 24.0 Å². The quantitative estimate of drug-likeness (QED) is 0.375. The largest absolute Gasteiger partial charge is 0.289 e. The summed E-state index contributed by atoms with van der Waals surface area (Å²) in [4.78, 5) is 11.8. The highest BCUT2D eigenvalue weighted by Gasteiger charge is 2.06. The van der Waals surface area contributed by atoms with Crippen molar-refractivity contribution in [3.05, 3.63) is 144 Å². The SMILES string of the molecule is O=C(c1ccccc1)c1ccccc1.c1ccc(CCc2ccccc2)cc1. The Balaban J connectivity index is 0.000000161. The highest BCUT2D eigenvalue weighted by molar-refractivity contribution is 6.08. The second-order valence-electron chi connectivity index (χ2n) is 6.53. The van der Waals surface area contributed by atoms with Crippen molar-refractivity contribution in [1.29, 1.82) is 0 Å². The van der Waals surface area contributed by atoms with E-state index in [1.807, 2.05) is 60.7 Å². The molecule has 0 saturated carbocycles. The third-order valence-electron chi connectivity index (χ3n) is 4.46. The van der Waals surface area contributed by atoms with Crippen LogP contribution in [0.3, 0.4) is 0 Å². The van der Waals surface area contributed by atoms with Crippen molar-refractivity contribution in [3.8, 4) is 0 Å². The lowest BCUT2D eigenvalue weighted by Crippen LogP contribution is -1.99. The van der Waals surface area contributed by atoms with Crippen molar-refractivity contribution in [2.24, 2.45) is 0 Å². The van der Waals surface area contributed by atoms with Gasteiger partial charge in [0, 0.05) is 11.1 Å². The summed E-state index contributed by atoms with van der Waals surface area (Å²) in [6.07, 6.45) is 2.26. The number of rotatable bonds is 5. The predicted molar refractivity (Wildman–Crippen MR) is 117 cm³/mol. The molecular formula is C27H24O. The molecule has 0 N–H and O–H groups in total. The average molecular weight is 364 g/mol. The third-order valence-corrected chi connectivity index (χ3v) is 4.46. The minimum absolute atomic E-state index is 0.0752. The van der Waals surface area contributed by atoms with Gasteiger partial charge in [0.15, 0.2) is 5.78 Å². The Kier molecular flexibility index (Phi) is 7.34. The van der Waals surface area contributed by atoms with E-state index in [-0.39, 0.29) is 5.78 Å². The minimum atomic E-state index is 0.0752. The molecule has 4 rings (SSSR count). The Bertz CT molecular complexity index is 865. The molecule has 0 aromatic heterocycles. The molecule has 0 spiro atoms. The normalized spacial score (nSPS) is 9.86. The Morgan fingerprint density at radius 2 is 0.714 bits per heavy atom. The lowest BCUT2D eigenvalue weighted by atomic mass is 10.0. The summed E-state index contributed by atoms with van der Waals surface area (Å²) in [7, 11) is 0. The van der Waals surface area contributed by atoms with E-state index < -0.39 is 0 Å². The van der Waals surface area contributed by atoms with Crippen LogP contribution >= 0.6 is 0 Å². The van der Waals surface area contributed by atoms with Gasteiger partial charge in [0.2, 0.25) is 0 Å². The van der Waals surface area contributed by atoms with Crippen molar-refractivity contribution in [3.63, 3.8) is 0 Å². The van der Waals surface area contributed by atoms with Crippen molar-refractivity contribution in [2.45, 2.75) is 12.8 Å². The van der Waals surface area contributed by atoms with Crippen molar-refractivity contribution >= 4 is 5.78 Å². The van der Waals surface area contributed by atoms with Gasteiger partial charge in [0.1, 0.15) is 0 Å². The number of aryl methyl sites for hydroxylation is 2. The van der Waals surface area contributed by atoms with E-state index >= 15 is 0 Å². The monoisotopic (exact) mass is 364 g/mol. The number of benzene rings is 4. The second-order valence-corrected chi connectivity index (χ2v) is 6.53. The summed E-state index contributed by atoms with van der Waals surface area (Å²) in [5.41, 5.74) is 4.30. The molecule has 0 heterocycles. The molecular weight excluding hydrogens is 340 g/mol. The number of hydrogen-bond acceptors (Lipinski definition) is 1. The number of carbonyl (C=O) groups excluding carboxylic acids is 1. The lowest BCUT2D eigenvalue weighted by molar-refractivity contribution is 0.103. The number of hydrogen-bond donors (Lipinski definition) is 0. The fraction of sp³-hybridized carbons (Fsp3) is 0.0741. The van der Waals surface area contributed by atoms with E-state index in [9.17, 15) is 4.79 Å². The molecule has 0 unspecified atom stereocenters. The fourth-order valence-corrected chi connectivity index (χ4v) is 2.92. The Morgan fingerprint density at radius 1 is 0.429 bits per heavy atom. The highest BCUT2D eigenvalue weighted by atomic mass is 16.1. The fourth-order valence-electron chi connectivity index (χ4n) is 2.92. The van der Waals surface area contributed by atoms with E-state index in [1.165, 1.54) is 11.1 Å². The van der Waals surface area contributed by atoms with Gasteiger partial charge in [-0.2, -0.15) is 0 Å². The van der Waals surface area contributed by atoms with E-state index in [2.05, 4.69) is 60.7 Å². The van der Waals surface area contributed by atoms with E-state index in [1.54, 1.807) is 0 Å². The van der Waals surface area contributed by atoms with Crippen molar-refractivity contribution < 1.29 is 4.79 Å². The van der Waals surface area contributed by atoms with Gasteiger partial charge < -0.3 is 0 Å². The van der Waals surface area contributed by atoms with Crippen LogP contribution in [0.25, 0.3) is 0 Å². The van der Waals surface area contributed by atoms with E-state index in [4.69, 9.17) is 0 Å². The first kappa shape index (κ1) is 19.3. The van der Waals surface area contributed by atoms with Crippen LogP contribution < -0.4 is 0 Å². The zero-order chi connectivity index (χ0) is 19.4. The molecule has 0 fully saturated rings. The molecule has 1 nitrogen and oxygen atoms in total. The Morgan fingerprint density at radius 3 is 1.04 bits per heavy atom. The molecule has 0 amide bonds. The summed E-state index contributed by atoms with van der Waals surface area (Å²) < 4.78 is 0. The molecule has 0 bridgehead atoms. The average Bonchev–Trinajstić information content (AvgIpc) is 2.80. The molecule has 28 heavy (non-hydrogen) atoms. The Hall–Kier alpha value is -3.45. The van der Waals surface area contributed by atoms with E-state index in [0.29, 0.717) is 0 Å². The van der Waals surface area contributed by atoms with Gasteiger partial charge in [-0.25, -0.2) is 0 Å². The van der Waals surface area contributed by atoms with Gasteiger partial charge >= 0.3 is 0 Å². The van der Waals surface area contributed by atoms with Crippen molar-refractivity contribution in [2.75, 3.05) is 0 Å². The first-order chi connectivity index (χ1) is 13.8. The van der Waals surface area contributed by atoms with Crippen LogP contribution in [0.2, 0.25) is 0 Å². The molecule has 0 saturated heterocycles. The van der Waals surface area contributed by atoms with Crippen LogP contribution in [0.15, 0.2) is 121 Å². The molecule has 0 aliphatic carbocycles. The lowest BCUT2D eigenvalue weighted by Gasteiger charge is -2.01. The van der Waals surface area contributed by atoms with Gasteiger partial charge in [-0.1, -0.05) is 121 Å². The first-order valence-corrected chi connectivity index (χ1v) is 9.55. The summed E-state index contributed by atoms with van der Waals surface area (Å²) in [5.74, 6) is 0.0752. The molecule has 1 heteroatoms. The first-order valence-electron chi connectivity index (χ1n) is 9.55.